The number of rotatable bonds is 8. The van der Waals surface area contributed by atoms with Crippen LogP contribution in [0, 0.1) is 11.3 Å². The van der Waals surface area contributed by atoms with Crippen molar-refractivity contribution >= 4 is 11.4 Å². The van der Waals surface area contributed by atoms with Crippen LogP contribution in [-0.2, 0) is 0 Å². The second-order valence-corrected chi connectivity index (χ2v) is 6.28. The lowest BCUT2D eigenvalue weighted by molar-refractivity contribution is 0.254. The number of aromatic nitrogens is 1. The Kier molecular flexibility index (Phi) is 6.29. The molecule has 0 atom stereocenters. The van der Waals surface area contributed by atoms with E-state index in [2.05, 4.69) is 15.2 Å². The van der Waals surface area contributed by atoms with E-state index in [1.54, 1.807) is 19.4 Å². The second-order valence-electron chi connectivity index (χ2n) is 6.28. The van der Waals surface area contributed by atoms with Crippen molar-refractivity contribution in [3.05, 3.63) is 42.2 Å². The number of benzene rings is 1. The first-order chi connectivity index (χ1) is 12.8. The summed E-state index contributed by atoms with van der Waals surface area (Å²) in [5, 5.41) is 12.2. The summed E-state index contributed by atoms with van der Waals surface area (Å²) in [4.78, 5) is 6.46. The van der Waals surface area contributed by atoms with E-state index in [0.717, 1.165) is 24.3 Å². The van der Waals surface area contributed by atoms with Crippen molar-refractivity contribution in [1.82, 2.24) is 9.88 Å². The van der Waals surface area contributed by atoms with Gasteiger partial charge in [0.05, 0.1) is 13.7 Å². The lowest BCUT2D eigenvalue weighted by Gasteiger charge is -2.16. The quantitative estimate of drug-likeness (QED) is 0.733. The average molecular weight is 352 g/mol. The number of hydrogen-bond donors (Lipinski definition) is 1. The molecule has 1 aliphatic heterocycles. The molecule has 0 amide bonds. The van der Waals surface area contributed by atoms with Gasteiger partial charge in [-0.1, -0.05) is 0 Å². The van der Waals surface area contributed by atoms with E-state index in [0.29, 0.717) is 23.8 Å². The largest absolute Gasteiger partial charge is 0.493 e. The number of ether oxygens (including phenoxy) is 2. The van der Waals surface area contributed by atoms with E-state index in [-0.39, 0.29) is 0 Å². The minimum absolute atomic E-state index is 0.377. The molecule has 1 aromatic heterocycles. The highest BCUT2D eigenvalue weighted by Gasteiger charge is 2.11. The number of nitrogens with zero attached hydrogens (tertiary/aromatic N) is 3. The zero-order valence-corrected chi connectivity index (χ0v) is 15.1. The Morgan fingerprint density at radius 2 is 1.96 bits per heavy atom. The van der Waals surface area contributed by atoms with E-state index in [1.807, 2.05) is 30.3 Å². The van der Waals surface area contributed by atoms with Crippen molar-refractivity contribution in [3.63, 3.8) is 0 Å². The summed E-state index contributed by atoms with van der Waals surface area (Å²) >= 11 is 0. The van der Waals surface area contributed by atoms with Crippen molar-refractivity contribution < 1.29 is 9.47 Å². The normalized spacial score (nSPS) is 14.0. The first-order valence-electron chi connectivity index (χ1n) is 8.95. The number of hydrogen-bond acceptors (Lipinski definition) is 6. The molecule has 0 aliphatic carbocycles. The van der Waals surface area contributed by atoms with Crippen LogP contribution in [0.3, 0.4) is 0 Å². The maximum absolute atomic E-state index is 8.96. The predicted octanol–water partition coefficient (Wildman–Crippen LogP) is 3.57. The highest BCUT2D eigenvalue weighted by molar-refractivity contribution is 5.64. The maximum Gasteiger partial charge on any atom is 0.163 e. The number of methoxy groups -OCH3 is 1. The van der Waals surface area contributed by atoms with E-state index < -0.39 is 0 Å². The molecule has 0 saturated carbocycles. The standard InChI is InChI=1S/C20H24N4O2/c1-25-19-6-5-16(23-17-7-8-22-18(13-17)15-21)14-20(19)26-12-4-11-24-9-2-3-10-24/h5-8,13-14H,2-4,9-12H2,1H3,(H,22,23). The predicted molar refractivity (Wildman–Crippen MR) is 101 cm³/mol. The Balaban J connectivity index is 1.60. The van der Waals surface area contributed by atoms with Crippen molar-refractivity contribution in [2.45, 2.75) is 19.3 Å². The summed E-state index contributed by atoms with van der Waals surface area (Å²) in [5.74, 6) is 1.43. The van der Waals surface area contributed by atoms with Gasteiger partial charge in [-0.15, -0.1) is 0 Å². The summed E-state index contributed by atoms with van der Waals surface area (Å²) in [7, 11) is 1.64. The van der Waals surface area contributed by atoms with Crippen LogP contribution in [0.4, 0.5) is 11.4 Å². The molecular formula is C20H24N4O2. The highest BCUT2D eigenvalue weighted by atomic mass is 16.5. The Morgan fingerprint density at radius 3 is 2.73 bits per heavy atom. The van der Waals surface area contributed by atoms with Gasteiger partial charge < -0.3 is 19.7 Å². The Hall–Kier alpha value is -2.78. The molecule has 1 saturated heterocycles. The molecule has 26 heavy (non-hydrogen) atoms. The summed E-state index contributed by atoms with van der Waals surface area (Å²) in [6.45, 7) is 4.15. The molecule has 1 N–H and O–H groups in total. The van der Waals surface area contributed by atoms with Crippen LogP contribution in [-0.4, -0.2) is 43.2 Å². The first-order valence-corrected chi connectivity index (χ1v) is 8.95. The second kappa shape index (κ2) is 9.07. The minimum Gasteiger partial charge on any atom is -0.493 e. The third-order valence-electron chi connectivity index (χ3n) is 4.40. The molecule has 1 aromatic carbocycles. The molecule has 1 aliphatic rings. The highest BCUT2D eigenvalue weighted by Crippen LogP contribution is 2.31. The monoisotopic (exact) mass is 352 g/mol. The van der Waals surface area contributed by atoms with E-state index in [4.69, 9.17) is 14.7 Å². The van der Waals surface area contributed by atoms with Gasteiger partial charge in [0, 0.05) is 30.2 Å². The van der Waals surface area contributed by atoms with Crippen LogP contribution in [0.15, 0.2) is 36.5 Å². The van der Waals surface area contributed by atoms with Crippen molar-refractivity contribution in [1.29, 1.82) is 5.26 Å². The molecule has 6 nitrogen and oxygen atoms in total. The molecule has 0 radical (unpaired) electrons. The number of likely N-dealkylation sites (tertiary alicyclic amines) is 1. The summed E-state index contributed by atoms with van der Waals surface area (Å²) in [6.07, 6.45) is 5.23. The summed E-state index contributed by atoms with van der Waals surface area (Å²) in [5.41, 5.74) is 2.05. The van der Waals surface area contributed by atoms with Crippen LogP contribution in [0.25, 0.3) is 0 Å². The van der Waals surface area contributed by atoms with E-state index in [1.165, 1.54) is 25.9 Å². The SMILES string of the molecule is COc1ccc(Nc2ccnc(C#N)c2)cc1OCCCN1CCCC1. The van der Waals surface area contributed by atoms with E-state index in [9.17, 15) is 0 Å². The summed E-state index contributed by atoms with van der Waals surface area (Å²) < 4.78 is 11.4. The molecule has 3 rings (SSSR count). The fraction of sp³-hybridized carbons (Fsp3) is 0.400. The van der Waals surface area contributed by atoms with Crippen LogP contribution in [0.1, 0.15) is 25.0 Å². The Bertz CT molecular complexity index is 767. The minimum atomic E-state index is 0.377. The van der Waals surface area contributed by atoms with Crippen LogP contribution in [0.5, 0.6) is 11.5 Å². The zero-order chi connectivity index (χ0) is 18.2. The molecule has 0 spiro atoms. The fourth-order valence-corrected chi connectivity index (χ4v) is 3.08. The van der Waals surface area contributed by atoms with Crippen LogP contribution < -0.4 is 14.8 Å². The molecule has 2 heterocycles. The van der Waals surface area contributed by atoms with Crippen molar-refractivity contribution in [2.24, 2.45) is 0 Å². The van der Waals surface area contributed by atoms with Gasteiger partial charge >= 0.3 is 0 Å². The van der Waals surface area contributed by atoms with Crippen molar-refractivity contribution in [2.75, 3.05) is 38.7 Å². The third-order valence-corrected chi connectivity index (χ3v) is 4.40. The van der Waals surface area contributed by atoms with Gasteiger partial charge in [-0.2, -0.15) is 5.26 Å². The van der Waals surface area contributed by atoms with Gasteiger partial charge in [0.25, 0.3) is 0 Å². The number of nitriles is 1. The van der Waals surface area contributed by atoms with Crippen molar-refractivity contribution in [3.8, 4) is 17.6 Å². The lowest BCUT2D eigenvalue weighted by atomic mass is 10.2. The molecule has 1 fully saturated rings. The number of pyridine rings is 1. The van der Waals surface area contributed by atoms with E-state index >= 15 is 0 Å². The van der Waals surface area contributed by atoms with Gasteiger partial charge in [-0.25, -0.2) is 4.98 Å². The third kappa shape index (κ3) is 4.87. The fourth-order valence-electron chi connectivity index (χ4n) is 3.08. The maximum atomic E-state index is 8.96. The molecule has 136 valence electrons. The molecule has 6 heteroatoms. The average Bonchev–Trinajstić information content (AvgIpc) is 3.19. The van der Waals surface area contributed by atoms with Gasteiger partial charge in [0.2, 0.25) is 0 Å². The first kappa shape index (κ1) is 18.0. The van der Waals surface area contributed by atoms with Gasteiger partial charge in [-0.3, -0.25) is 0 Å². The molecule has 0 bridgehead atoms. The summed E-state index contributed by atoms with van der Waals surface area (Å²) in [6, 6.07) is 11.3. The molecule has 0 unspecified atom stereocenters. The van der Waals surface area contributed by atoms with Gasteiger partial charge in [0.1, 0.15) is 11.8 Å². The topological polar surface area (TPSA) is 70.4 Å². The molecular weight excluding hydrogens is 328 g/mol. The zero-order valence-electron chi connectivity index (χ0n) is 15.1. The Labute approximate surface area is 154 Å². The lowest BCUT2D eigenvalue weighted by Crippen LogP contribution is -2.21. The molecule has 2 aromatic rings. The van der Waals surface area contributed by atoms with Crippen LogP contribution in [0.2, 0.25) is 0 Å². The van der Waals surface area contributed by atoms with Gasteiger partial charge in [0.15, 0.2) is 11.5 Å². The van der Waals surface area contributed by atoms with Crippen LogP contribution >= 0.6 is 0 Å². The number of nitrogens with one attached hydrogen (secondary N) is 1. The smallest absolute Gasteiger partial charge is 0.163 e. The number of anilines is 2. The Morgan fingerprint density at radius 1 is 1.15 bits per heavy atom. The van der Waals surface area contributed by atoms with Gasteiger partial charge in [-0.05, 0) is 56.6 Å².